The van der Waals surface area contributed by atoms with E-state index in [4.69, 9.17) is 11.6 Å². The van der Waals surface area contributed by atoms with E-state index >= 15 is 0 Å². The van der Waals surface area contributed by atoms with Crippen molar-refractivity contribution in [3.05, 3.63) is 23.0 Å². The van der Waals surface area contributed by atoms with E-state index in [-0.39, 0.29) is 18.4 Å². The van der Waals surface area contributed by atoms with Crippen LogP contribution in [0.15, 0.2) is 12.3 Å². The number of hydrogen-bond acceptors (Lipinski definition) is 2. The van der Waals surface area contributed by atoms with Crippen molar-refractivity contribution in [1.82, 2.24) is 14.8 Å². The molecule has 1 aliphatic carbocycles. The number of nitrogens with zero attached hydrogens (tertiary/aromatic N) is 2. The molecule has 0 atom stereocenters. The molecule has 2 heterocycles. The number of nitrogens with one attached hydrogen (secondary N) is 1. The van der Waals surface area contributed by atoms with Gasteiger partial charge in [-0.25, -0.2) is 0 Å². The summed E-state index contributed by atoms with van der Waals surface area (Å²) in [5, 5.41) is 3.35. The van der Waals surface area contributed by atoms with Crippen LogP contribution in [0.1, 0.15) is 35.8 Å². The average molecular weight is 282 g/mol. The van der Waals surface area contributed by atoms with Gasteiger partial charge in [-0.15, -0.1) is 0 Å². The molecule has 1 aliphatic heterocycles. The van der Waals surface area contributed by atoms with Crippen LogP contribution in [-0.2, 0) is 4.79 Å². The van der Waals surface area contributed by atoms with Gasteiger partial charge in [-0.2, -0.15) is 0 Å². The molecular formula is C13H16ClN3O2. The van der Waals surface area contributed by atoms with Gasteiger partial charge < -0.3 is 14.8 Å². The zero-order valence-electron chi connectivity index (χ0n) is 10.6. The van der Waals surface area contributed by atoms with Crippen molar-refractivity contribution < 1.29 is 9.59 Å². The minimum atomic E-state index is -0.101. The van der Waals surface area contributed by atoms with Crippen molar-refractivity contribution in [2.45, 2.75) is 25.3 Å². The van der Waals surface area contributed by atoms with Crippen LogP contribution >= 0.6 is 11.6 Å². The molecule has 6 heteroatoms. The molecule has 0 unspecified atom stereocenters. The first-order chi connectivity index (χ1) is 9.15. The van der Waals surface area contributed by atoms with Gasteiger partial charge in [-0.05, 0) is 25.3 Å². The molecule has 1 saturated heterocycles. The van der Waals surface area contributed by atoms with E-state index in [0.717, 1.165) is 19.3 Å². The molecule has 0 spiro atoms. The number of amides is 2. The summed E-state index contributed by atoms with van der Waals surface area (Å²) in [5.74, 6) is -0.197. The van der Waals surface area contributed by atoms with Gasteiger partial charge in [0.15, 0.2) is 0 Å². The van der Waals surface area contributed by atoms with E-state index in [1.807, 2.05) is 10.8 Å². The highest BCUT2D eigenvalue weighted by atomic mass is 35.5. The summed E-state index contributed by atoms with van der Waals surface area (Å²) in [5.41, 5.74) is 0.599. The Morgan fingerprint density at radius 1 is 1.42 bits per heavy atom. The molecule has 19 heavy (non-hydrogen) atoms. The largest absolute Gasteiger partial charge is 0.354 e. The first kappa shape index (κ1) is 12.5. The molecular weight excluding hydrogens is 266 g/mol. The van der Waals surface area contributed by atoms with Crippen LogP contribution in [0, 0.1) is 0 Å². The van der Waals surface area contributed by atoms with Crippen molar-refractivity contribution in [3.63, 3.8) is 0 Å². The summed E-state index contributed by atoms with van der Waals surface area (Å²) in [4.78, 5) is 25.7. The van der Waals surface area contributed by atoms with Crippen LogP contribution in [0.3, 0.4) is 0 Å². The fourth-order valence-corrected chi connectivity index (χ4v) is 2.62. The van der Waals surface area contributed by atoms with Gasteiger partial charge in [-0.1, -0.05) is 11.6 Å². The fraction of sp³-hybridized carbons (Fsp3) is 0.538. The minimum Gasteiger partial charge on any atom is -0.354 e. The Labute approximate surface area is 116 Å². The van der Waals surface area contributed by atoms with Gasteiger partial charge in [0.1, 0.15) is 5.69 Å². The Hall–Kier alpha value is -1.49. The Bertz CT molecular complexity index is 522. The highest BCUT2D eigenvalue weighted by Gasteiger charge is 2.30. The molecule has 1 N–H and O–H groups in total. The van der Waals surface area contributed by atoms with Gasteiger partial charge in [0.05, 0.1) is 11.6 Å². The normalized spacial score (nSPS) is 20.1. The third-order valence-corrected chi connectivity index (χ3v) is 3.73. The van der Waals surface area contributed by atoms with Crippen LogP contribution in [0.25, 0.3) is 0 Å². The summed E-state index contributed by atoms with van der Waals surface area (Å²) in [7, 11) is 0. The monoisotopic (exact) mass is 281 g/mol. The average Bonchev–Trinajstić information content (AvgIpc) is 3.17. The first-order valence-electron chi connectivity index (χ1n) is 6.58. The number of aromatic nitrogens is 1. The Balaban J connectivity index is 1.84. The van der Waals surface area contributed by atoms with E-state index in [0.29, 0.717) is 29.8 Å². The standard InChI is InChI=1S/C13H16ClN3O2/c14-9-6-11(17(7-9)10-2-3-10)13(19)16-5-1-4-15-12(18)8-16/h6-7,10H,1-5,8H2,(H,15,18). The second kappa shape index (κ2) is 4.89. The quantitative estimate of drug-likeness (QED) is 0.892. The lowest BCUT2D eigenvalue weighted by Gasteiger charge is -2.19. The van der Waals surface area contributed by atoms with Crippen LogP contribution in [0.2, 0.25) is 5.02 Å². The SMILES string of the molecule is O=C1CN(C(=O)c2cc(Cl)cn2C2CC2)CCCN1. The zero-order chi connectivity index (χ0) is 13.4. The molecule has 2 aliphatic rings. The molecule has 3 rings (SSSR count). The number of rotatable bonds is 2. The molecule has 1 aromatic rings. The van der Waals surface area contributed by atoms with Gasteiger partial charge in [0.2, 0.25) is 5.91 Å². The topological polar surface area (TPSA) is 54.3 Å². The van der Waals surface area contributed by atoms with Crippen LogP contribution in [-0.4, -0.2) is 40.9 Å². The second-order valence-electron chi connectivity index (χ2n) is 5.11. The highest BCUT2D eigenvalue weighted by molar-refractivity contribution is 6.31. The zero-order valence-corrected chi connectivity index (χ0v) is 11.3. The highest BCUT2D eigenvalue weighted by Crippen LogP contribution is 2.37. The van der Waals surface area contributed by atoms with Gasteiger partial charge in [0.25, 0.3) is 5.91 Å². The van der Waals surface area contributed by atoms with Gasteiger partial charge in [-0.3, -0.25) is 9.59 Å². The Morgan fingerprint density at radius 2 is 2.21 bits per heavy atom. The maximum Gasteiger partial charge on any atom is 0.271 e. The summed E-state index contributed by atoms with van der Waals surface area (Å²) in [6, 6.07) is 2.10. The minimum absolute atomic E-state index is 0.0959. The smallest absolute Gasteiger partial charge is 0.271 e. The molecule has 5 nitrogen and oxygen atoms in total. The predicted molar refractivity (Wildman–Crippen MR) is 71.2 cm³/mol. The summed E-state index contributed by atoms with van der Waals surface area (Å²) >= 11 is 6.01. The van der Waals surface area contributed by atoms with E-state index in [1.54, 1.807) is 11.0 Å². The molecule has 1 saturated carbocycles. The van der Waals surface area contributed by atoms with Gasteiger partial charge >= 0.3 is 0 Å². The lowest BCUT2D eigenvalue weighted by Crippen LogP contribution is -2.38. The van der Waals surface area contributed by atoms with Crippen LogP contribution in [0.4, 0.5) is 0 Å². The number of carbonyl (C=O) groups is 2. The Kier molecular flexibility index (Phi) is 3.22. The molecule has 2 fully saturated rings. The van der Waals surface area contributed by atoms with E-state index in [2.05, 4.69) is 5.32 Å². The van der Waals surface area contributed by atoms with Crippen molar-refractivity contribution in [2.75, 3.05) is 19.6 Å². The van der Waals surface area contributed by atoms with Crippen molar-refractivity contribution >= 4 is 23.4 Å². The molecule has 1 aromatic heterocycles. The number of hydrogen-bond donors (Lipinski definition) is 1. The maximum absolute atomic E-state index is 12.5. The second-order valence-corrected chi connectivity index (χ2v) is 5.55. The predicted octanol–water partition coefficient (Wildman–Crippen LogP) is 1.44. The molecule has 0 aromatic carbocycles. The third-order valence-electron chi connectivity index (χ3n) is 3.52. The van der Waals surface area contributed by atoms with Crippen LogP contribution < -0.4 is 5.32 Å². The number of halogens is 1. The maximum atomic E-state index is 12.5. The van der Waals surface area contributed by atoms with E-state index < -0.39 is 0 Å². The summed E-state index contributed by atoms with van der Waals surface area (Å²) in [6.07, 6.45) is 4.78. The molecule has 102 valence electrons. The van der Waals surface area contributed by atoms with Crippen LogP contribution in [0.5, 0.6) is 0 Å². The molecule has 0 radical (unpaired) electrons. The van der Waals surface area contributed by atoms with Gasteiger partial charge in [0, 0.05) is 25.3 Å². The lowest BCUT2D eigenvalue weighted by atomic mass is 10.3. The lowest BCUT2D eigenvalue weighted by molar-refractivity contribution is -0.121. The van der Waals surface area contributed by atoms with E-state index in [9.17, 15) is 9.59 Å². The number of carbonyl (C=O) groups excluding carboxylic acids is 2. The Morgan fingerprint density at radius 3 is 2.95 bits per heavy atom. The summed E-state index contributed by atoms with van der Waals surface area (Å²) in [6.45, 7) is 1.37. The fourth-order valence-electron chi connectivity index (χ4n) is 2.41. The van der Waals surface area contributed by atoms with Crippen molar-refractivity contribution in [1.29, 1.82) is 0 Å². The third kappa shape index (κ3) is 2.61. The van der Waals surface area contributed by atoms with Crippen molar-refractivity contribution in [2.24, 2.45) is 0 Å². The molecule has 0 bridgehead atoms. The van der Waals surface area contributed by atoms with E-state index in [1.165, 1.54) is 0 Å². The molecule has 2 amide bonds. The first-order valence-corrected chi connectivity index (χ1v) is 6.96. The summed E-state index contributed by atoms with van der Waals surface area (Å²) < 4.78 is 1.95. The van der Waals surface area contributed by atoms with Crippen molar-refractivity contribution in [3.8, 4) is 0 Å².